The van der Waals surface area contributed by atoms with Gasteiger partial charge in [-0.05, 0) is 29.3 Å². The van der Waals surface area contributed by atoms with Gasteiger partial charge in [-0.3, -0.25) is 5.32 Å². The number of aliphatic carboxylic acids is 1. The molecule has 28 heavy (non-hydrogen) atoms. The fraction of sp³-hybridized carbons (Fsp3) is 0.158. The molecule has 0 radical (unpaired) electrons. The van der Waals surface area contributed by atoms with Crippen LogP contribution in [-0.4, -0.2) is 24.3 Å². The van der Waals surface area contributed by atoms with Crippen LogP contribution in [0.5, 0.6) is 0 Å². The third-order valence-corrected chi connectivity index (χ3v) is 3.57. The van der Waals surface area contributed by atoms with E-state index in [1.807, 2.05) is 0 Å². The van der Waals surface area contributed by atoms with E-state index in [2.05, 4.69) is 5.32 Å². The first kappa shape index (κ1) is 20.8. The zero-order valence-electron chi connectivity index (χ0n) is 14.6. The number of rotatable bonds is 6. The highest BCUT2D eigenvalue weighted by Gasteiger charge is 2.30. The Morgan fingerprint density at radius 2 is 1.86 bits per heavy atom. The second kappa shape index (κ2) is 8.94. The number of alkyl halides is 3. The van der Waals surface area contributed by atoms with E-state index in [1.165, 1.54) is 19.2 Å². The number of hydrogen-bond donors (Lipinski definition) is 2. The summed E-state index contributed by atoms with van der Waals surface area (Å²) in [6, 6.07) is 10.4. The number of nitrogens with one attached hydrogen (secondary N) is 1. The van der Waals surface area contributed by atoms with Gasteiger partial charge in [-0.15, -0.1) is 0 Å². The minimum atomic E-state index is -4.54. The fourth-order valence-electron chi connectivity index (χ4n) is 2.33. The maximum Gasteiger partial charge on any atom is 0.416 e. The largest absolute Gasteiger partial charge is 0.503 e. The molecule has 0 heterocycles. The highest BCUT2D eigenvalue weighted by Crippen LogP contribution is 2.30. The molecule has 0 saturated heterocycles. The summed E-state index contributed by atoms with van der Waals surface area (Å²) in [6.45, 7) is -0.296. The second-order valence-corrected chi connectivity index (χ2v) is 5.51. The van der Waals surface area contributed by atoms with Crippen molar-refractivity contribution in [1.82, 2.24) is 0 Å². The number of anilines is 1. The van der Waals surface area contributed by atoms with Crippen molar-refractivity contribution >= 4 is 23.3 Å². The predicted octanol–water partition coefficient (Wildman–Crippen LogP) is 4.53. The van der Waals surface area contributed by atoms with Gasteiger partial charge in [0.05, 0.1) is 18.9 Å². The van der Waals surface area contributed by atoms with Gasteiger partial charge in [0.1, 0.15) is 12.2 Å². The van der Waals surface area contributed by atoms with Crippen molar-refractivity contribution in [1.29, 1.82) is 0 Å². The van der Waals surface area contributed by atoms with Gasteiger partial charge < -0.3 is 14.6 Å². The highest BCUT2D eigenvalue weighted by molar-refractivity contribution is 6.15. The van der Waals surface area contributed by atoms with Crippen molar-refractivity contribution in [2.75, 3.05) is 12.4 Å². The van der Waals surface area contributed by atoms with Crippen molar-refractivity contribution in [3.8, 4) is 0 Å². The molecule has 2 aromatic rings. The summed E-state index contributed by atoms with van der Waals surface area (Å²) in [4.78, 5) is 23.3. The number of benzene rings is 2. The van der Waals surface area contributed by atoms with Crippen LogP contribution >= 0.6 is 0 Å². The van der Waals surface area contributed by atoms with Crippen LogP contribution in [0.3, 0.4) is 0 Å². The van der Waals surface area contributed by atoms with Gasteiger partial charge in [-0.1, -0.05) is 30.3 Å². The van der Waals surface area contributed by atoms with E-state index in [1.54, 1.807) is 18.2 Å². The number of halogens is 3. The first-order chi connectivity index (χ1) is 13.2. The van der Waals surface area contributed by atoms with Gasteiger partial charge in [-0.25, -0.2) is 9.59 Å². The molecule has 2 aromatic carbocycles. The summed E-state index contributed by atoms with van der Waals surface area (Å²) in [5, 5.41) is 11.5. The van der Waals surface area contributed by atoms with E-state index in [0.29, 0.717) is 5.56 Å². The lowest BCUT2D eigenvalue weighted by Gasteiger charge is -2.12. The molecule has 1 amide bonds. The summed E-state index contributed by atoms with van der Waals surface area (Å²) in [5.41, 5.74) is -0.471. The number of amides is 1. The fourth-order valence-corrected chi connectivity index (χ4v) is 2.33. The van der Waals surface area contributed by atoms with Crippen LogP contribution in [0.1, 0.15) is 16.7 Å². The lowest BCUT2D eigenvalue weighted by Crippen LogP contribution is -2.15. The summed E-state index contributed by atoms with van der Waals surface area (Å²) < 4.78 is 47.9. The molecule has 0 aliphatic rings. The standard InChI is InChI=1S/C19H16F3NO5/c1-27-11-16(17(24)25)15-8-3-2-5-12(15)10-28-18(26)23-14-7-4-6-13(9-14)19(20,21)22/h2-9,11H,10H2,1H3,(H,23,26)(H,24,25)/b16-11+. The zero-order chi connectivity index (χ0) is 20.7. The van der Waals surface area contributed by atoms with Crippen molar-refractivity contribution in [2.24, 2.45) is 0 Å². The summed E-state index contributed by atoms with van der Waals surface area (Å²) in [5.74, 6) is -1.23. The Morgan fingerprint density at radius 3 is 2.50 bits per heavy atom. The Bertz CT molecular complexity index is 893. The highest BCUT2D eigenvalue weighted by atomic mass is 19.4. The molecule has 0 saturated carbocycles. The molecule has 9 heteroatoms. The van der Waals surface area contributed by atoms with E-state index in [9.17, 15) is 27.9 Å². The minimum absolute atomic E-state index is 0.0846. The van der Waals surface area contributed by atoms with Crippen LogP contribution in [0.25, 0.3) is 5.57 Å². The number of carboxylic acid groups (broad SMARTS) is 1. The summed E-state index contributed by atoms with van der Waals surface area (Å²) >= 11 is 0. The SMILES string of the molecule is CO/C=C(/C(=O)O)c1ccccc1COC(=O)Nc1cccc(C(F)(F)F)c1. The van der Waals surface area contributed by atoms with E-state index in [4.69, 9.17) is 9.47 Å². The summed E-state index contributed by atoms with van der Waals surface area (Å²) in [6.07, 6.45) is -4.48. The van der Waals surface area contributed by atoms with Crippen molar-refractivity contribution < 1.29 is 37.3 Å². The van der Waals surface area contributed by atoms with Gasteiger partial charge in [0.25, 0.3) is 0 Å². The Hall–Kier alpha value is -3.49. The molecule has 0 unspecified atom stereocenters. The molecule has 0 aliphatic carbocycles. The number of carbonyl (C=O) groups is 2. The van der Waals surface area contributed by atoms with Crippen molar-refractivity contribution in [3.63, 3.8) is 0 Å². The van der Waals surface area contributed by atoms with Gasteiger partial charge in [0.2, 0.25) is 0 Å². The Labute approximate surface area is 158 Å². The van der Waals surface area contributed by atoms with Crippen LogP contribution in [0.2, 0.25) is 0 Å². The number of carboxylic acids is 1. The smallest absolute Gasteiger partial charge is 0.416 e. The molecular weight excluding hydrogens is 379 g/mol. The molecule has 2 rings (SSSR count). The molecule has 148 valence electrons. The van der Waals surface area contributed by atoms with Crippen LogP contribution in [-0.2, 0) is 27.1 Å². The van der Waals surface area contributed by atoms with E-state index >= 15 is 0 Å². The number of carbonyl (C=O) groups excluding carboxylic acids is 1. The third kappa shape index (κ3) is 5.50. The number of hydrogen-bond acceptors (Lipinski definition) is 4. The molecule has 2 N–H and O–H groups in total. The van der Waals surface area contributed by atoms with E-state index in [0.717, 1.165) is 24.5 Å². The molecule has 0 aliphatic heterocycles. The van der Waals surface area contributed by atoms with Crippen molar-refractivity contribution in [3.05, 3.63) is 71.5 Å². The number of methoxy groups -OCH3 is 1. The predicted molar refractivity (Wildman–Crippen MR) is 94.3 cm³/mol. The first-order valence-electron chi connectivity index (χ1n) is 7.88. The molecular formula is C19H16F3NO5. The van der Waals surface area contributed by atoms with E-state index in [-0.39, 0.29) is 23.4 Å². The molecule has 0 bridgehead atoms. The topological polar surface area (TPSA) is 84.9 Å². The Balaban J connectivity index is 2.10. The van der Waals surface area contributed by atoms with Gasteiger partial charge in [-0.2, -0.15) is 13.2 Å². The quantitative estimate of drug-likeness (QED) is 0.555. The Kier molecular flexibility index (Phi) is 6.64. The molecule has 0 aromatic heterocycles. The third-order valence-electron chi connectivity index (χ3n) is 3.57. The first-order valence-corrected chi connectivity index (χ1v) is 7.88. The van der Waals surface area contributed by atoms with Crippen LogP contribution in [0, 0.1) is 0 Å². The Morgan fingerprint density at radius 1 is 1.14 bits per heavy atom. The van der Waals surface area contributed by atoms with E-state index < -0.39 is 23.8 Å². The molecule has 0 atom stereocenters. The average Bonchev–Trinajstić information content (AvgIpc) is 2.64. The van der Waals surface area contributed by atoms with Gasteiger partial charge in [0.15, 0.2) is 0 Å². The average molecular weight is 395 g/mol. The molecule has 0 spiro atoms. The molecule has 0 fully saturated rings. The van der Waals surface area contributed by atoms with Gasteiger partial charge >= 0.3 is 18.2 Å². The lowest BCUT2D eigenvalue weighted by atomic mass is 10.0. The number of ether oxygens (including phenoxy) is 2. The monoisotopic (exact) mass is 395 g/mol. The minimum Gasteiger partial charge on any atom is -0.503 e. The second-order valence-electron chi connectivity index (χ2n) is 5.51. The maximum atomic E-state index is 12.7. The van der Waals surface area contributed by atoms with Gasteiger partial charge in [0, 0.05) is 5.69 Å². The van der Waals surface area contributed by atoms with Crippen LogP contribution in [0.4, 0.5) is 23.7 Å². The normalized spacial score (nSPS) is 11.6. The maximum absolute atomic E-state index is 12.7. The van der Waals surface area contributed by atoms with Crippen LogP contribution < -0.4 is 5.32 Å². The lowest BCUT2D eigenvalue weighted by molar-refractivity contribution is -0.137. The molecule has 6 nitrogen and oxygen atoms in total. The zero-order valence-corrected chi connectivity index (χ0v) is 14.6. The van der Waals surface area contributed by atoms with Crippen molar-refractivity contribution in [2.45, 2.75) is 12.8 Å². The summed E-state index contributed by atoms with van der Waals surface area (Å²) in [7, 11) is 1.30. The van der Waals surface area contributed by atoms with Crippen LogP contribution in [0.15, 0.2) is 54.8 Å².